The van der Waals surface area contributed by atoms with Crippen molar-refractivity contribution in [2.45, 2.75) is 9.79 Å². The molecule has 0 aliphatic carbocycles. The summed E-state index contributed by atoms with van der Waals surface area (Å²) >= 11 is 8.17. The summed E-state index contributed by atoms with van der Waals surface area (Å²) in [7, 11) is 5.50. The average Bonchev–Trinajstić information content (AvgIpc) is 1.80. The predicted octanol–water partition coefficient (Wildman–Crippen LogP) is 1.06. The zero-order valence-electron chi connectivity index (χ0n) is 4.70. The number of thiol groups is 2. The van der Waals surface area contributed by atoms with Crippen LogP contribution < -0.4 is 5.46 Å². The molecule has 0 saturated heterocycles. The van der Waals surface area contributed by atoms with Crippen LogP contribution in [-0.2, 0) is 0 Å². The van der Waals surface area contributed by atoms with Gasteiger partial charge in [-0.3, -0.25) is 0 Å². The minimum Gasteiger partial charge on any atom is -0.144 e. The molecule has 0 nitrogen and oxygen atoms in total. The average molecular weight is 152 g/mol. The van der Waals surface area contributed by atoms with Gasteiger partial charge in [0.05, 0.1) is 0 Å². The van der Waals surface area contributed by atoms with Gasteiger partial charge in [-0.2, -0.15) is 0 Å². The molecule has 0 heterocycles. The zero-order valence-corrected chi connectivity index (χ0v) is 6.49. The molecule has 0 unspecified atom stereocenters. The summed E-state index contributed by atoms with van der Waals surface area (Å²) in [5.41, 5.74) is 0.672. The van der Waals surface area contributed by atoms with Gasteiger partial charge in [-0.1, -0.05) is 11.5 Å². The van der Waals surface area contributed by atoms with E-state index in [0.29, 0.717) is 5.46 Å². The Hall–Kier alpha value is -0.0151. The lowest BCUT2D eigenvalue weighted by atomic mass is 9.97. The van der Waals surface area contributed by atoms with Gasteiger partial charge in [0.25, 0.3) is 0 Å². The number of hydrogen-bond acceptors (Lipinski definition) is 2. The Morgan fingerprint density at radius 3 is 2.33 bits per heavy atom. The summed E-state index contributed by atoms with van der Waals surface area (Å²) in [6, 6.07) is 5.44. The largest absolute Gasteiger partial charge is 0.144 e. The van der Waals surface area contributed by atoms with Crippen LogP contribution in [0.15, 0.2) is 28.0 Å². The third kappa shape index (κ3) is 1.70. The molecule has 0 amide bonds. The summed E-state index contributed by atoms with van der Waals surface area (Å²) in [6.07, 6.45) is 0. The van der Waals surface area contributed by atoms with E-state index in [1.165, 1.54) is 0 Å². The molecule has 9 heavy (non-hydrogen) atoms. The maximum atomic E-state index is 5.50. The monoisotopic (exact) mass is 152 g/mol. The van der Waals surface area contributed by atoms with Gasteiger partial charge in [0, 0.05) is 4.90 Å². The molecule has 1 aromatic carbocycles. The molecule has 3 heteroatoms. The van der Waals surface area contributed by atoms with Gasteiger partial charge in [-0.25, -0.2) is 0 Å². The van der Waals surface area contributed by atoms with Crippen molar-refractivity contribution in [3.8, 4) is 0 Å². The topological polar surface area (TPSA) is 0 Å². The third-order valence-corrected chi connectivity index (χ3v) is 1.70. The lowest BCUT2D eigenvalue weighted by molar-refractivity contribution is 1.41. The second-order valence-electron chi connectivity index (χ2n) is 1.74. The van der Waals surface area contributed by atoms with Crippen molar-refractivity contribution in [3.63, 3.8) is 0 Å². The summed E-state index contributed by atoms with van der Waals surface area (Å²) in [4.78, 5) is 1.66. The SMILES string of the molecule is [B]c1cc(S)ccc1S. The van der Waals surface area contributed by atoms with Crippen LogP contribution in [-0.4, -0.2) is 7.85 Å². The van der Waals surface area contributed by atoms with Crippen molar-refractivity contribution in [2.75, 3.05) is 0 Å². The molecular weight excluding hydrogens is 147 g/mol. The van der Waals surface area contributed by atoms with Gasteiger partial charge in [0.15, 0.2) is 0 Å². The molecule has 44 valence electrons. The fourth-order valence-electron chi connectivity index (χ4n) is 0.542. The Balaban J connectivity index is 3.17. The number of hydrogen-bond donors (Lipinski definition) is 2. The Morgan fingerprint density at radius 2 is 1.89 bits per heavy atom. The highest BCUT2D eigenvalue weighted by molar-refractivity contribution is 7.80. The maximum absolute atomic E-state index is 5.50. The molecular formula is C6H5BS2. The lowest BCUT2D eigenvalue weighted by Gasteiger charge is -1.97. The first-order valence-electron chi connectivity index (χ1n) is 2.47. The van der Waals surface area contributed by atoms with E-state index in [1.807, 2.05) is 12.1 Å². The van der Waals surface area contributed by atoms with Gasteiger partial charge in [-0.05, 0) is 17.0 Å². The first kappa shape index (κ1) is 7.10. The highest BCUT2D eigenvalue weighted by atomic mass is 32.1. The van der Waals surface area contributed by atoms with Gasteiger partial charge in [0.1, 0.15) is 7.85 Å². The Bertz CT molecular complexity index is 222. The van der Waals surface area contributed by atoms with E-state index in [1.54, 1.807) is 6.07 Å². The molecule has 0 N–H and O–H groups in total. The third-order valence-electron chi connectivity index (χ3n) is 1.01. The lowest BCUT2D eigenvalue weighted by Crippen LogP contribution is -2.03. The molecule has 0 saturated carbocycles. The standard InChI is InChI=1S/C6H5BS2/c7-5-3-4(8)1-2-6(5)9/h1-3,8-9H. The summed E-state index contributed by atoms with van der Waals surface area (Å²) in [5.74, 6) is 0. The van der Waals surface area contributed by atoms with Crippen molar-refractivity contribution in [3.05, 3.63) is 18.2 Å². The first-order valence-corrected chi connectivity index (χ1v) is 3.37. The molecule has 0 spiro atoms. The quantitative estimate of drug-likeness (QED) is 0.403. The summed E-state index contributed by atoms with van der Waals surface area (Å²) in [6.45, 7) is 0. The van der Waals surface area contributed by atoms with Crippen LogP contribution in [0.25, 0.3) is 0 Å². The molecule has 0 atom stereocenters. The van der Waals surface area contributed by atoms with Gasteiger partial charge >= 0.3 is 0 Å². The molecule has 0 aliphatic heterocycles. The maximum Gasteiger partial charge on any atom is 0.115 e. The fourth-order valence-corrected chi connectivity index (χ4v) is 0.895. The van der Waals surface area contributed by atoms with Gasteiger partial charge < -0.3 is 0 Å². The Kier molecular flexibility index (Phi) is 2.14. The highest BCUT2D eigenvalue weighted by Gasteiger charge is 1.90. The Morgan fingerprint density at radius 1 is 1.22 bits per heavy atom. The smallest absolute Gasteiger partial charge is 0.115 e. The van der Waals surface area contributed by atoms with E-state index < -0.39 is 0 Å². The van der Waals surface area contributed by atoms with Crippen molar-refractivity contribution in [1.82, 2.24) is 0 Å². The van der Waals surface area contributed by atoms with Gasteiger partial charge in [0.2, 0.25) is 0 Å². The van der Waals surface area contributed by atoms with E-state index in [-0.39, 0.29) is 0 Å². The first-order chi connectivity index (χ1) is 4.20. The predicted molar refractivity (Wildman–Crippen MR) is 46.3 cm³/mol. The van der Waals surface area contributed by atoms with Crippen molar-refractivity contribution in [2.24, 2.45) is 0 Å². The van der Waals surface area contributed by atoms with Crippen LogP contribution in [0, 0.1) is 0 Å². The van der Waals surface area contributed by atoms with Crippen molar-refractivity contribution < 1.29 is 0 Å². The molecule has 0 aromatic heterocycles. The summed E-state index contributed by atoms with van der Waals surface area (Å²) in [5, 5.41) is 0. The minimum absolute atomic E-state index is 0.672. The van der Waals surface area contributed by atoms with E-state index in [2.05, 4.69) is 25.3 Å². The van der Waals surface area contributed by atoms with Gasteiger partial charge in [-0.15, -0.1) is 25.3 Å². The normalized spacial score (nSPS) is 9.56. The molecule has 1 rings (SSSR count). The van der Waals surface area contributed by atoms with Crippen LogP contribution in [0.1, 0.15) is 0 Å². The Labute approximate surface area is 66.9 Å². The number of benzene rings is 1. The van der Waals surface area contributed by atoms with Crippen LogP contribution in [0.4, 0.5) is 0 Å². The number of rotatable bonds is 0. The van der Waals surface area contributed by atoms with E-state index in [0.717, 1.165) is 9.79 Å². The van der Waals surface area contributed by atoms with E-state index >= 15 is 0 Å². The fraction of sp³-hybridized carbons (Fsp3) is 0. The van der Waals surface area contributed by atoms with Crippen LogP contribution in [0.5, 0.6) is 0 Å². The highest BCUT2D eigenvalue weighted by Crippen LogP contribution is 2.06. The second-order valence-corrected chi connectivity index (χ2v) is 2.74. The molecule has 1 aromatic rings. The van der Waals surface area contributed by atoms with Crippen LogP contribution >= 0.6 is 25.3 Å². The molecule has 0 bridgehead atoms. The van der Waals surface area contributed by atoms with Crippen molar-refractivity contribution in [1.29, 1.82) is 0 Å². The second kappa shape index (κ2) is 2.71. The van der Waals surface area contributed by atoms with Crippen LogP contribution in [0.3, 0.4) is 0 Å². The van der Waals surface area contributed by atoms with Crippen LogP contribution in [0.2, 0.25) is 0 Å². The molecule has 0 fully saturated rings. The summed E-state index contributed by atoms with van der Waals surface area (Å²) < 4.78 is 0. The molecule has 0 aliphatic rings. The minimum atomic E-state index is 0.672. The molecule has 2 radical (unpaired) electrons. The zero-order chi connectivity index (χ0) is 6.85. The van der Waals surface area contributed by atoms with E-state index in [4.69, 9.17) is 7.85 Å². The van der Waals surface area contributed by atoms with Crippen molar-refractivity contribution >= 4 is 38.6 Å². The van der Waals surface area contributed by atoms with E-state index in [9.17, 15) is 0 Å².